The molecule has 4 atom stereocenters. The molecular weight excluding hydrogens is 502 g/mol. The van der Waals surface area contributed by atoms with Crippen LogP contribution in [0.3, 0.4) is 0 Å². The molecule has 4 unspecified atom stereocenters. The van der Waals surface area contributed by atoms with Gasteiger partial charge in [0.25, 0.3) is 0 Å². The SMILES string of the molecule is CCCCOc1ccc(OCC2CCC(C3CCC4CC(c5ccc(CCC)cc5)CCC4C3)CC2)c(F)c1F. The van der Waals surface area contributed by atoms with E-state index in [0.29, 0.717) is 19.1 Å². The van der Waals surface area contributed by atoms with Gasteiger partial charge in [0.2, 0.25) is 11.6 Å². The van der Waals surface area contributed by atoms with Crippen LogP contribution < -0.4 is 9.47 Å². The summed E-state index contributed by atoms with van der Waals surface area (Å²) in [6.45, 7) is 5.15. The van der Waals surface area contributed by atoms with Crippen molar-refractivity contribution in [2.24, 2.45) is 29.6 Å². The molecular formula is C36H50F2O2. The Morgan fingerprint density at radius 1 is 0.650 bits per heavy atom. The van der Waals surface area contributed by atoms with Crippen LogP contribution in [-0.4, -0.2) is 13.2 Å². The second-order valence-electron chi connectivity index (χ2n) is 13.1. The van der Waals surface area contributed by atoms with Gasteiger partial charge in [-0.25, -0.2) is 0 Å². The fourth-order valence-corrected chi connectivity index (χ4v) is 8.00. The Kier molecular flexibility index (Phi) is 10.4. The van der Waals surface area contributed by atoms with Crippen LogP contribution in [0.2, 0.25) is 0 Å². The minimum Gasteiger partial charge on any atom is -0.490 e. The van der Waals surface area contributed by atoms with Crippen molar-refractivity contribution in [1.82, 2.24) is 0 Å². The summed E-state index contributed by atoms with van der Waals surface area (Å²) >= 11 is 0. The second-order valence-corrected chi connectivity index (χ2v) is 13.1. The third kappa shape index (κ3) is 7.21. The molecule has 3 fully saturated rings. The number of fused-ring (bicyclic) bond motifs is 1. The molecule has 0 bridgehead atoms. The molecule has 0 aliphatic heterocycles. The number of hydrogen-bond donors (Lipinski definition) is 0. The van der Waals surface area contributed by atoms with Gasteiger partial charge in [0.15, 0.2) is 11.5 Å². The van der Waals surface area contributed by atoms with Crippen molar-refractivity contribution >= 4 is 0 Å². The summed E-state index contributed by atoms with van der Waals surface area (Å²) in [4.78, 5) is 0. The van der Waals surface area contributed by atoms with Gasteiger partial charge in [-0.3, -0.25) is 0 Å². The van der Waals surface area contributed by atoms with Crippen LogP contribution in [0.5, 0.6) is 11.5 Å². The maximum absolute atomic E-state index is 14.6. The average Bonchev–Trinajstić information content (AvgIpc) is 2.99. The van der Waals surface area contributed by atoms with Crippen molar-refractivity contribution in [3.05, 3.63) is 59.2 Å². The first kappa shape index (κ1) is 29.4. The van der Waals surface area contributed by atoms with E-state index >= 15 is 0 Å². The topological polar surface area (TPSA) is 18.5 Å². The quantitative estimate of drug-likeness (QED) is 0.258. The Morgan fingerprint density at radius 2 is 1.25 bits per heavy atom. The van der Waals surface area contributed by atoms with Gasteiger partial charge in [-0.1, -0.05) is 51.0 Å². The number of unbranched alkanes of at least 4 members (excludes halogenated alkanes) is 1. The van der Waals surface area contributed by atoms with Crippen LogP contribution in [0.15, 0.2) is 36.4 Å². The van der Waals surface area contributed by atoms with Crippen molar-refractivity contribution in [2.45, 2.75) is 110 Å². The predicted molar refractivity (Wildman–Crippen MR) is 159 cm³/mol. The van der Waals surface area contributed by atoms with E-state index in [-0.39, 0.29) is 11.5 Å². The fraction of sp³-hybridized carbons (Fsp3) is 0.667. The van der Waals surface area contributed by atoms with Gasteiger partial charge in [-0.05, 0) is 136 Å². The van der Waals surface area contributed by atoms with Crippen LogP contribution in [-0.2, 0) is 6.42 Å². The van der Waals surface area contributed by atoms with E-state index in [1.54, 1.807) is 5.56 Å². The molecule has 220 valence electrons. The van der Waals surface area contributed by atoms with Crippen LogP contribution >= 0.6 is 0 Å². The Balaban J connectivity index is 1.05. The number of ether oxygens (including phenoxy) is 2. The molecule has 3 aliphatic rings. The minimum absolute atomic E-state index is 0.00768. The third-order valence-electron chi connectivity index (χ3n) is 10.4. The zero-order valence-electron chi connectivity index (χ0n) is 24.8. The Bertz CT molecular complexity index is 1060. The summed E-state index contributed by atoms with van der Waals surface area (Å²) in [6.07, 6.45) is 17.3. The van der Waals surface area contributed by atoms with Crippen molar-refractivity contribution in [1.29, 1.82) is 0 Å². The van der Waals surface area contributed by atoms with Gasteiger partial charge in [0.1, 0.15) is 0 Å². The van der Waals surface area contributed by atoms with Crippen LogP contribution in [0, 0.1) is 41.2 Å². The molecule has 2 nitrogen and oxygen atoms in total. The standard InChI is InChI=1S/C36H50F2O2/c1-3-5-21-39-33-19-20-34(36(38)35(33)37)40-24-26-9-13-28(14-10-26)30-16-18-31-22-29(15-17-32(31)23-30)27-11-7-25(6-4-2)8-12-27/h7-8,11-12,19-20,26,28-32H,3-6,9-10,13-18,21-24H2,1-2H3. The first-order chi connectivity index (χ1) is 19.6. The highest BCUT2D eigenvalue weighted by molar-refractivity contribution is 5.35. The number of benzene rings is 2. The van der Waals surface area contributed by atoms with Gasteiger partial charge in [-0.2, -0.15) is 8.78 Å². The van der Waals surface area contributed by atoms with Gasteiger partial charge in [-0.15, -0.1) is 0 Å². The van der Waals surface area contributed by atoms with E-state index in [1.165, 1.54) is 81.9 Å². The van der Waals surface area contributed by atoms with Crippen LogP contribution in [0.4, 0.5) is 8.78 Å². The zero-order chi connectivity index (χ0) is 27.9. The molecule has 3 aliphatic carbocycles. The number of rotatable bonds is 11. The average molecular weight is 553 g/mol. The molecule has 0 radical (unpaired) electrons. The molecule has 4 heteroatoms. The summed E-state index contributed by atoms with van der Waals surface area (Å²) in [7, 11) is 0. The Hall–Kier alpha value is -2.10. The van der Waals surface area contributed by atoms with E-state index < -0.39 is 11.6 Å². The summed E-state index contributed by atoms with van der Waals surface area (Å²) < 4.78 is 40.1. The Labute approximate surface area is 241 Å². The zero-order valence-corrected chi connectivity index (χ0v) is 24.8. The first-order valence-corrected chi connectivity index (χ1v) is 16.4. The maximum atomic E-state index is 14.6. The smallest absolute Gasteiger partial charge is 0.204 e. The molecule has 0 amide bonds. The lowest BCUT2D eigenvalue weighted by Gasteiger charge is -2.45. The summed E-state index contributed by atoms with van der Waals surface area (Å²) in [6, 6.07) is 12.5. The lowest BCUT2D eigenvalue weighted by molar-refractivity contribution is 0.0663. The highest BCUT2D eigenvalue weighted by Crippen LogP contribution is 2.51. The molecule has 0 heterocycles. The second kappa shape index (κ2) is 14.2. The molecule has 2 aromatic rings. The van der Waals surface area contributed by atoms with Crippen molar-refractivity contribution < 1.29 is 18.3 Å². The summed E-state index contributed by atoms with van der Waals surface area (Å²) in [5, 5.41) is 0. The number of hydrogen-bond acceptors (Lipinski definition) is 2. The molecule has 40 heavy (non-hydrogen) atoms. The van der Waals surface area contributed by atoms with Crippen molar-refractivity contribution in [3.8, 4) is 11.5 Å². The van der Waals surface area contributed by atoms with Gasteiger partial charge in [0, 0.05) is 0 Å². The van der Waals surface area contributed by atoms with E-state index in [9.17, 15) is 8.78 Å². The molecule has 0 spiro atoms. The number of aryl methyl sites for hydroxylation is 1. The van der Waals surface area contributed by atoms with Crippen LogP contribution in [0.25, 0.3) is 0 Å². The molecule has 0 N–H and O–H groups in total. The van der Waals surface area contributed by atoms with E-state index in [1.807, 2.05) is 6.92 Å². The molecule has 0 saturated heterocycles. The van der Waals surface area contributed by atoms with Crippen molar-refractivity contribution in [3.63, 3.8) is 0 Å². The lowest BCUT2D eigenvalue weighted by atomic mass is 9.60. The minimum atomic E-state index is -0.938. The third-order valence-corrected chi connectivity index (χ3v) is 10.4. The predicted octanol–water partition coefficient (Wildman–Crippen LogP) is 10.3. The van der Waals surface area contributed by atoms with E-state index in [4.69, 9.17) is 9.47 Å². The molecule has 3 saturated carbocycles. The largest absolute Gasteiger partial charge is 0.490 e. The van der Waals surface area contributed by atoms with Crippen LogP contribution in [0.1, 0.15) is 114 Å². The molecule has 2 aromatic carbocycles. The van der Waals surface area contributed by atoms with E-state index in [2.05, 4.69) is 31.2 Å². The summed E-state index contributed by atoms with van der Waals surface area (Å²) in [5.41, 5.74) is 3.05. The molecule has 0 aromatic heterocycles. The molecule has 5 rings (SSSR count). The fourth-order valence-electron chi connectivity index (χ4n) is 8.00. The Morgan fingerprint density at radius 3 is 1.93 bits per heavy atom. The van der Waals surface area contributed by atoms with Gasteiger partial charge >= 0.3 is 0 Å². The highest BCUT2D eigenvalue weighted by Gasteiger charge is 2.39. The van der Waals surface area contributed by atoms with Gasteiger partial charge in [0.05, 0.1) is 13.2 Å². The lowest BCUT2D eigenvalue weighted by Crippen LogP contribution is -2.34. The van der Waals surface area contributed by atoms with E-state index in [0.717, 1.165) is 55.3 Å². The monoisotopic (exact) mass is 552 g/mol. The summed E-state index contributed by atoms with van der Waals surface area (Å²) in [5.74, 6) is 2.83. The van der Waals surface area contributed by atoms with Crippen molar-refractivity contribution in [2.75, 3.05) is 13.2 Å². The van der Waals surface area contributed by atoms with Gasteiger partial charge < -0.3 is 9.47 Å². The maximum Gasteiger partial charge on any atom is 0.204 e. The first-order valence-electron chi connectivity index (χ1n) is 16.4. The normalized spacial score (nSPS) is 28.6. The highest BCUT2D eigenvalue weighted by atomic mass is 19.2. The number of halogens is 2.